The van der Waals surface area contributed by atoms with E-state index in [9.17, 15) is 4.39 Å². The van der Waals surface area contributed by atoms with Crippen molar-refractivity contribution in [3.05, 3.63) is 42.5 Å². The number of halogens is 1. The second-order valence-corrected chi connectivity index (χ2v) is 3.84. The maximum atomic E-state index is 12.7. The van der Waals surface area contributed by atoms with E-state index in [0.29, 0.717) is 5.82 Å². The fourth-order valence-electron chi connectivity index (χ4n) is 1.77. The van der Waals surface area contributed by atoms with E-state index in [-0.39, 0.29) is 0 Å². The number of fused-ring (bicyclic) bond motifs is 1. The largest absolute Gasteiger partial charge is 0.497 e. The smallest absolute Gasteiger partial charge is 0.212 e. The molecule has 4 nitrogen and oxygen atoms in total. The van der Waals surface area contributed by atoms with Crippen LogP contribution in [0.25, 0.3) is 22.4 Å². The predicted molar refractivity (Wildman–Crippen MR) is 65.8 cm³/mol. The van der Waals surface area contributed by atoms with Crippen LogP contribution in [0.4, 0.5) is 4.39 Å². The number of pyridine rings is 1. The van der Waals surface area contributed by atoms with Gasteiger partial charge in [-0.2, -0.15) is 4.39 Å². The molecular formula is C13H10FN3O. The average molecular weight is 243 g/mol. The highest BCUT2D eigenvalue weighted by Gasteiger charge is 2.06. The Labute approximate surface area is 102 Å². The average Bonchev–Trinajstić information content (AvgIpc) is 2.82. The second kappa shape index (κ2) is 4.10. The van der Waals surface area contributed by atoms with E-state index >= 15 is 0 Å². The van der Waals surface area contributed by atoms with Crippen LogP contribution < -0.4 is 4.74 Å². The zero-order valence-electron chi connectivity index (χ0n) is 9.64. The SMILES string of the molecule is COc1ccc2nc(-c3ccc(F)nc3)[nH]c2c1. The number of nitrogens with one attached hydrogen (secondary N) is 1. The molecule has 1 aromatic carbocycles. The summed E-state index contributed by atoms with van der Waals surface area (Å²) in [7, 11) is 1.61. The number of hydrogen-bond acceptors (Lipinski definition) is 3. The molecular weight excluding hydrogens is 233 g/mol. The van der Waals surface area contributed by atoms with Crippen LogP contribution in [0.3, 0.4) is 0 Å². The fourth-order valence-corrected chi connectivity index (χ4v) is 1.77. The van der Waals surface area contributed by atoms with E-state index in [1.54, 1.807) is 13.2 Å². The lowest BCUT2D eigenvalue weighted by Gasteiger charge is -1.96. The summed E-state index contributed by atoms with van der Waals surface area (Å²) in [5, 5.41) is 0. The van der Waals surface area contributed by atoms with Crippen LogP contribution >= 0.6 is 0 Å². The number of nitrogens with zero attached hydrogens (tertiary/aromatic N) is 2. The summed E-state index contributed by atoms with van der Waals surface area (Å²) in [6.45, 7) is 0. The van der Waals surface area contributed by atoms with Crippen molar-refractivity contribution in [3.63, 3.8) is 0 Å². The number of imidazole rings is 1. The molecule has 0 aliphatic heterocycles. The number of H-pyrrole nitrogens is 1. The zero-order valence-corrected chi connectivity index (χ0v) is 9.64. The molecule has 0 saturated heterocycles. The van der Waals surface area contributed by atoms with E-state index in [1.165, 1.54) is 12.3 Å². The lowest BCUT2D eigenvalue weighted by Crippen LogP contribution is -1.84. The normalized spacial score (nSPS) is 10.8. The minimum atomic E-state index is -0.503. The highest BCUT2D eigenvalue weighted by Crippen LogP contribution is 2.23. The summed E-state index contributed by atoms with van der Waals surface area (Å²) in [5.41, 5.74) is 2.44. The fraction of sp³-hybridized carbons (Fsp3) is 0.0769. The van der Waals surface area contributed by atoms with Gasteiger partial charge in [-0.1, -0.05) is 0 Å². The Bertz CT molecular complexity index is 691. The van der Waals surface area contributed by atoms with Crippen molar-refractivity contribution in [1.82, 2.24) is 15.0 Å². The third-order valence-electron chi connectivity index (χ3n) is 2.69. The molecule has 3 rings (SSSR count). The van der Waals surface area contributed by atoms with Gasteiger partial charge in [-0.15, -0.1) is 0 Å². The van der Waals surface area contributed by atoms with E-state index in [4.69, 9.17) is 4.74 Å². The minimum Gasteiger partial charge on any atom is -0.497 e. The molecule has 0 unspecified atom stereocenters. The molecule has 0 atom stereocenters. The van der Waals surface area contributed by atoms with Crippen LogP contribution in [0.2, 0.25) is 0 Å². The third-order valence-corrected chi connectivity index (χ3v) is 2.69. The highest BCUT2D eigenvalue weighted by molar-refractivity contribution is 5.80. The molecule has 1 N–H and O–H groups in total. The van der Waals surface area contributed by atoms with E-state index in [2.05, 4.69) is 15.0 Å². The van der Waals surface area contributed by atoms with E-state index in [0.717, 1.165) is 22.3 Å². The van der Waals surface area contributed by atoms with Crippen molar-refractivity contribution in [2.45, 2.75) is 0 Å². The van der Waals surface area contributed by atoms with Crippen LogP contribution in [-0.2, 0) is 0 Å². The number of aromatic amines is 1. The van der Waals surface area contributed by atoms with Crippen LogP contribution in [0.15, 0.2) is 36.5 Å². The topological polar surface area (TPSA) is 50.8 Å². The van der Waals surface area contributed by atoms with Gasteiger partial charge in [0, 0.05) is 17.8 Å². The molecule has 90 valence electrons. The van der Waals surface area contributed by atoms with Gasteiger partial charge in [-0.05, 0) is 24.3 Å². The van der Waals surface area contributed by atoms with Crippen molar-refractivity contribution in [2.75, 3.05) is 7.11 Å². The molecule has 18 heavy (non-hydrogen) atoms. The minimum absolute atomic E-state index is 0.503. The van der Waals surface area contributed by atoms with Crippen LogP contribution in [0.1, 0.15) is 0 Å². The molecule has 3 aromatic rings. The molecule has 0 radical (unpaired) electrons. The first-order valence-electron chi connectivity index (χ1n) is 5.42. The lowest BCUT2D eigenvalue weighted by molar-refractivity contribution is 0.415. The molecule has 0 bridgehead atoms. The number of methoxy groups -OCH3 is 1. The molecule has 0 amide bonds. The van der Waals surface area contributed by atoms with Crippen molar-refractivity contribution in [2.24, 2.45) is 0 Å². The number of ether oxygens (including phenoxy) is 1. The number of benzene rings is 1. The Morgan fingerprint density at radius 3 is 2.83 bits per heavy atom. The third kappa shape index (κ3) is 1.79. The predicted octanol–water partition coefficient (Wildman–Crippen LogP) is 2.77. The molecule has 0 aliphatic rings. The molecule has 0 saturated carbocycles. The molecule has 2 aromatic heterocycles. The zero-order chi connectivity index (χ0) is 12.5. The first kappa shape index (κ1) is 10.7. The van der Waals surface area contributed by atoms with E-state index < -0.39 is 5.95 Å². The van der Waals surface area contributed by atoms with Gasteiger partial charge in [0.05, 0.1) is 18.1 Å². The van der Waals surface area contributed by atoms with Crippen molar-refractivity contribution < 1.29 is 9.13 Å². The summed E-state index contributed by atoms with van der Waals surface area (Å²) in [6, 6.07) is 8.52. The summed E-state index contributed by atoms with van der Waals surface area (Å²) in [4.78, 5) is 11.2. The van der Waals surface area contributed by atoms with E-state index in [1.807, 2.05) is 18.2 Å². The Hall–Kier alpha value is -2.43. The summed E-state index contributed by atoms with van der Waals surface area (Å²) in [6.07, 6.45) is 1.45. The van der Waals surface area contributed by atoms with Crippen molar-refractivity contribution in [1.29, 1.82) is 0 Å². The van der Waals surface area contributed by atoms with Gasteiger partial charge in [0.25, 0.3) is 0 Å². The van der Waals surface area contributed by atoms with Gasteiger partial charge in [0.2, 0.25) is 5.95 Å². The Morgan fingerprint density at radius 2 is 2.11 bits per heavy atom. The van der Waals surface area contributed by atoms with Gasteiger partial charge in [0.15, 0.2) is 0 Å². The molecule has 0 spiro atoms. The van der Waals surface area contributed by atoms with Crippen LogP contribution in [0, 0.1) is 5.95 Å². The quantitative estimate of drug-likeness (QED) is 0.704. The molecule has 2 heterocycles. The second-order valence-electron chi connectivity index (χ2n) is 3.84. The van der Waals surface area contributed by atoms with Gasteiger partial charge in [-0.25, -0.2) is 9.97 Å². The standard InChI is InChI=1S/C13H10FN3O/c1-18-9-3-4-10-11(6-9)17-13(16-10)8-2-5-12(14)15-7-8/h2-7H,1H3,(H,16,17). The molecule has 0 aliphatic carbocycles. The number of aromatic nitrogens is 3. The lowest BCUT2D eigenvalue weighted by atomic mass is 10.3. The monoisotopic (exact) mass is 243 g/mol. The summed E-state index contributed by atoms with van der Waals surface area (Å²) >= 11 is 0. The van der Waals surface area contributed by atoms with Gasteiger partial charge < -0.3 is 9.72 Å². The van der Waals surface area contributed by atoms with Crippen LogP contribution in [-0.4, -0.2) is 22.1 Å². The first-order valence-corrected chi connectivity index (χ1v) is 5.42. The van der Waals surface area contributed by atoms with Crippen LogP contribution in [0.5, 0.6) is 5.75 Å². The number of rotatable bonds is 2. The Balaban J connectivity index is 2.10. The maximum absolute atomic E-state index is 12.7. The first-order chi connectivity index (χ1) is 8.76. The Morgan fingerprint density at radius 1 is 1.22 bits per heavy atom. The van der Waals surface area contributed by atoms with Crippen molar-refractivity contribution >= 4 is 11.0 Å². The molecule has 5 heteroatoms. The number of hydrogen-bond donors (Lipinski definition) is 1. The van der Waals surface area contributed by atoms with Gasteiger partial charge in [0.1, 0.15) is 11.6 Å². The maximum Gasteiger partial charge on any atom is 0.212 e. The summed E-state index contributed by atoms with van der Waals surface area (Å²) < 4.78 is 17.9. The Kier molecular flexibility index (Phi) is 2.44. The van der Waals surface area contributed by atoms with Gasteiger partial charge in [-0.3, -0.25) is 0 Å². The van der Waals surface area contributed by atoms with Crippen molar-refractivity contribution in [3.8, 4) is 17.1 Å². The molecule has 0 fully saturated rings. The summed E-state index contributed by atoms with van der Waals surface area (Å²) in [5.74, 6) is 0.914. The van der Waals surface area contributed by atoms with Gasteiger partial charge >= 0.3 is 0 Å². The highest BCUT2D eigenvalue weighted by atomic mass is 19.1.